The van der Waals surface area contributed by atoms with Gasteiger partial charge in [-0.2, -0.15) is 0 Å². The molecule has 3 nitrogen and oxygen atoms in total. The third-order valence-electron chi connectivity index (χ3n) is 3.51. The third kappa shape index (κ3) is 2.97. The van der Waals surface area contributed by atoms with Gasteiger partial charge in [-0.05, 0) is 53.6 Å². The Bertz CT molecular complexity index is 458. The van der Waals surface area contributed by atoms with E-state index in [1.165, 1.54) is 0 Å². The van der Waals surface area contributed by atoms with Gasteiger partial charge in [0.1, 0.15) is 0 Å². The fourth-order valence-corrected chi connectivity index (χ4v) is 3.02. The van der Waals surface area contributed by atoms with Gasteiger partial charge in [0.15, 0.2) is 0 Å². The summed E-state index contributed by atoms with van der Waals surface area (Å²) in [5, 5.41) is 3.76. The minimum Gasteiger partial charge on any atom is -0.345 e. The second-order valence-corrected chi connectivity index (χ2v) is 6.34. The second-order valence-electron chi connectivity index (χ2n) is 4.77. The monoisotopic (exact) mass is 378 g/mol. The lowest BCUT2D eigenvalue weighted by molar-refractivity contribution is 0.0903. The molecule has 0 atom stereocenters. The van der Waals surface area contributed by atoms with Gasteiger partial charge in [-0.25, -0.2) is 0 Å². The Hall–Kier alpha value is -0.330. The smallest absolute Gasteiger partial charge is 0.251 e. The summed E-state index contributed by atoms with van der Waals surface area (Å²) in [7, 11) is 0. The number of rotatable bonds is 3. The Kier molecular flexibility index (Phi) is 4.50. The summed E-state index contributed by atoms with van der Waals surface area (Å²) in [6.45, 7) is 0.503. The molecule has 1 saturated carbocycles. The molecular formula is C13H16ClIN2O. The van der Waals surface area contributed by atoms with Gasteiger partial charge in [-0.15, -0.1) is 0 Å². The molecule has 0 unspecified atom stereocenters. The molecule has 98 valence electrons. The predicted octanol–water partition coefficient (Wildman–Crippen LogP) is 2.95. The van der Waals surface area contributed by atoms with Crippen LogP contribution in [0.25, 0.3) is 0 Å². The van der Waals surface area contributed by atoms with Gasteiger partial charge in [0.25, 0.3) is 5.91 Å². The summed E-state index contributed by atoms with van der Waals surface area (Å²) in [6, 6.07) is 5.30. The van der Waals surface area contributed by atoms with Crippen LogP contribution in [0.2, 0.25) is 5.02 Å². The van der Waals surface area contributed by atoms with Crippen molar-refractivity contribution in [1.29, 1.82) is 0 Å². The molecule has 0 bridgehead atoms. The zero-order valence-corrected chi connectivity index (χ0v) is 12.9. The van der Waals surface area contributed by atoms with E-state index in [-0.39, 0.29) is 11.4 Å². The number of nitrogens with one attached hydrogen (secondary N) is 1. The van der Waals surface area contributed by atoms with Crippen LogP contribution in [-0.2, 0) is 0 Å². The lowest BCUT2D eigenvalue weighted by Crippen LogP contribution is -2.51. The van der Waals surface area contributed by atoms with E-state index in [0.717, 1.165) is 29.3 Å². The SMILES string of the molecule is NCC1(NC(=O)c2ccc(Cl)c(I)c2)CCCC1. The van der Waals surface area contributed by atoms with Crippen molar-refractivity contribution in [3.63, 3.8) is 0 Å². The molecule has 18 heavy (non-hydrogen) atoms. The van der Waals surface area contributed by atoms with Crippen LogP contribution >= 0.6 is 34.2 Å². The van der Waals surface area contributed by atoms with E-state index in [4.69, 9.17) is 17.3 Å². The van der Waals surface area contributed by atoms with Crippen LogP contribution in [0.3, 0.4) is 0 Å². The summed E-state index contributed by atoms with van der Waals surface area (Å²) >= 11 is 8.08. The van der Waals surface area contributed by atoms with Crippen molar-refractivity contribution in [2.24, 2.45) is 5.73 Å². The summed E-state index contributed by atoms with van der Waals surface area (Å²) in [6.07, 6.45) is 4.21. The first-order chi connectivity index (χ1) is 8.56. The molecule has 0 spiro atoms. The van der Waals surface area contributed by atoms with Gasteiger partial charge in [-0.1, -0.05) is 24.4 Å². The normalized spacial score (nSPS) is 17.7. The Morgan fingerprint density at radius 3 is 2.67 bits per heavy atom. The zero-order valence-electron chi connectivity index (χ0n) is 10.0. The lowest BCUT2D eigenvalue weighted by Gasteiger charge is -2.28. The van der Waals surface area contributed by atoms with E-state index in [1.54, 1.807) is 18.2 Å². The Morgan fingerprint density at radius 1 is 1.44 bits per heavy atom. The van der Waals surface area contributed by atoms with Crippen LogP contribution in [0.4, 0.5) is 0 Å². The molecule has 5 heteroatoms. The Labute approximate surface area is 126 Å². The minimum atomic E-state index is -0.206. The van der Waals surface area contributed by atoms with Crippen molar-refractivity contribution < 1.29 is 4.79 Å². The number of halogens is 2. The highest BCUT2D eigenvalue weighted by molar-refractivity contribution is 14.1. The van der Waals surface area contributed by atoms with Gasteiger partial charge in [0.2, 0.25) is 0 Å². The largest absolute Gasteiger partial charge is 0.345 e. The van der Waals surface area contributed by atoms with Gasteiger partial charge < -0.3 is 11.1 Å². The molecule has 1 aromatic carbocycles. The molecule has 3 N–H and O–H groups in total. The average Bonchev–Trinajstić information content (AvgIpc) is 2.82. The van der Waals surface area contributed by atoms with Crippen LogP contribution in [0, 0.1) is 3.57 Å². The van der Waals surface area contributed by atoms with Crippen molar-refractivity contribution in [3.8, 4) is 0 Å². The van der Waals surface area contributed by atoms with Crippen molar-refractivity contribution in [2.45, 2.75) is 31.2 Å². The van der Waals surface area contributed by atoms with Gasteiger partial charge in [-0.3, -0.25) is 4.79 Å². The predicted molar refractivity (Wildman–Crippen MR) is 81.9 cm³/mol. The first kappa shape index (κ1) is 14.1. The number of hydrogen-bond acceptors (Lipinski definition) is 2. The minimum absolute atomic E-state index is 0.0584. The van der Waals surface area contributed by atoms with Crippen LogP contribution < -0.4 is 11.1 Å². The molecule has 1 amide bonds. The van der Waals surface area contributed by atoms with E-state index in [2.05, 4.69) is 27.9 Å². The fourth-order valence-electron chi connectivity index (χ4n) is 2.38. The second kappa shape index (κ2) is 5.75. The number of benzene rings is 1. The highest BCUT2D eigenvalue weighted by atomic mass is 127. The molecule has 0 heterocycles. The summed E-state index contributed by atoms with van der Waals surface area (Å²) in [5.74, 6) is -0.0584. The van der Waals surface area contributed by atoms with E-state index in [9.17, 15) is 4.79 Å². The zero-order chi connectivity index (χ0) is 13.2. The van der Waals surface area contributed by atoms with E-state index in [1.807, 2.05) is 0 Å². The first-order valence-electron chi connectivity index (χ1n) is 6.04. The maximum Gasteiger partial charge on any atom is 0.251 e. The lowest BCUT2D eigenvalue weighted by atomic mass is 9.97. The van der Waals surface area contributed by atoms with Gasteiger partial charge in [0.05, 0.1) is 10.6 Å². The summed E-state index contributed by atoms with van der Waals surface area (Å²) < 4.78 is 0.884. The molecule has 1 aliphatic rings. The molecule has 1 aromatic rings. The van der Waals surface area contributed by atoms with E-state index >= 15 is 0 Å². The third-order valence-corrected chi connectivity index (χ3v) is 5.05. The highest BCUT2D eigenvalue weighted by Gasteiger charge is 2.34. The van der Waals surface area contributed by atoms with Crippen LogP contribution in [0.1, 0.15) is 36.0 Å². The van der Waals surface area contributed by atoms with Crippen molar-refractivity contribution in [1.82, 2.24) is 5.32 Å². The van der Waals surface area contributed by atoms with Gasteiger partial charge >= 0.3 is 0 Å². The van der Waals surface area contributed by atoms with Crippen molar-refractivity contribution in [3.05, 3.63) is 32.4 Å². The molecule has 0 aliphatic heterocycles. The van der Waals surface area contributed by atoms with Crippen LogP contribution in [0.5, 0.6) is 0 Å². The first-order valence-corrected chi connectivity index (χ1v) is 7.50. The molecule has 0 radical (unpaired) electrons. The molecule has 1 fully saturated rings. The number of amides is 1. The Morgan fingerprint density at radius 2 is 2.11 bits per heavy atom. The maximum atomic E-state index is 12.2. The number of carbonyl (C=O) groups excluding carboxylic acids is 1. The average molecular weight is 379 g/mol. The summed E-state index contributed by atoms with van der Waals surface area (Å²) in [5.41, 5.74) is 6.25. The number of nitrogens with two attached hydrogens (primary N) is 1. The summed E-state index contributed by atoms with van der Waals surface area (Å²) in [4.78, 5) is 12.2. The Balaban J connectivity index is 2.13. The molecule has 0 aromatic heterocycles. The fraction of sp³-hybridized carbons (Fsp3) is 0.462. The van der Waals surface area contributed by atoms with Crippen molar-refractivity contribution in [2.75, 3.05) is 6.54 Å². The van der Waals surface area contributed by atoms with Crippen LogP contribution in [0.15, 0.2) is 18.2 Å². The molecular weight excluding hydrogens is 363 g/mol. The maximum absolute atomic E-state index is 12.2. The molecule has 2 rings (SSSR count). The van der Waals surface area contributed by atoms with Gasteiger partial charge in [0, 0.05) is 15.7 Å². The van der Waals surface area contributed by atoms with E-state index in [0.29, 0.717) is 17.1 Å². The van der Waals surface area contributed by atoms with Crippen LogP contribution in [-0.4, -0.2) is 18.0 Å². The quantitative estimate of drug-likeness (QED) is 0.795. The molecule has 1 aliphatic carbocycles. The number of hydrogen-bond donors (Lipinski definition) is 2. The molecule has 0 saturated heterocycles. The van der Waals surface area contributed by atoms with E-state index < -0.39 is 0 Å². The van der Waals surface area contributed by atoms with Crippen molar-refractivity contribution >= 4 is 40.1 Å². The standard InChI is InChI=1S/C13H16ClIN2O/c14-10-4-3-9(7-11(10)15)12(18)17-13(8-16)5-1-2-6-13/h3-4,7H,1-2,5-6,8,16H2,(H,17,18). The topological polar surface area (TPSA) is 55.1 Å². The highest BCUT2D eigenvalue weighted by Crippen LogP contribution is 2.29. The number of carbonyl (C=O) groups is 1.